The van der Waals surface area contributed by atoms with Crippen LogP contribution in [0.25, 0.3) is 11.0 Å². The number of amides is 1. The number of carbonyl (C=O) groups excluding carboxylic acids is 1. The number of rotatable bonds is 8. The number of aliphatic hydroxyl groups is 1. The smallest absolute Gasteiger partial charge is 0.224 e. The van der Waals surface area contributed by atoms with Gasteiger partial charge in [-0.2, -0.15) is 0 Å². The minimum absolute atomic E-state index is 0.140. The quantitative estimate of drug-likeness (QED) is 0.779. The lowest BCUT2D eigenvalue weighted by Gasteiger charge is -2.13. The van der Waals surface area contributed by atoms with Gasteiger partial charge in [-0.1, -0.05) is 13.8 Å². The van der Waals surface area contributed by atoms with Crippen molar-refractivity contribution in [2.45, 2.75) is 40.2 Å². The molecule has 0 saturated carbocycles. The molecular formula is C19H27NO4. The Kier molecular flexibility index (Phi) is 6.40. The largest absolute Gasteiger partial charge is 0.464 e. The Hall–Kier alpha value is -1.85. The van der Waals surface area contributed by atoms with Crippen LogP contribution in [-0.2, 0) is 16.0 Å². The molecule has 0 radical (unpaired) electrons. The van der Waals surface area contributed by atoms with Crippen LogP contribution >= 0.6 is 0 Å². The van der Waals surface area contributed by atoms with E-state index in [1.165, 1.54) is 5.56 Å². The molecule has 2 rings (SSSR count). The van der Waals surface area contributed by atoms with Crippen molar-refractivity contribution in [2.75, 3.05) is 19.8 Å². The van der Waals surface area contributed by atoms with E-state index >= 15 is 0 Å². The Bertz CT molecular complexity index is 690. The maximum atomic E-state index is 12.1. The summed E-state index contributed by atoms with van der Waals surface area (Å²) >= 11 is 0. The average Bonchev–Trinajstić information content (AvgIpc) is 2.87. The summed E-state index contributed by atoms with van der Waals surface area (Å²) in [6.45, 7) is 9.19. The maximum absolute atomic E-state index is 12.1. The molecule has 5 heteroatoms. The first-order valence-corrected chi connectivity index (χ1v) is 8.36. The SMILES string of the molecule is Cc1cc2occ(CC(=O)NCC(O)COCC(C)C)c2cc1C. The summed E-state index contributed by atoms with van der Waals surface area (Å²) in [5, 5.41) is 13.5. The van der Waals surface area contributed by atoms with Gasteiger partial charge in [0.05, 0.1) is 25.4 Å². The normalized spacial score (nSPS) is 12.8. The molecule has 0 aliphatic carbocycles. The van der Waals surface area contributed by atoms with Gasteiger partial charge < -0.3 is 19.6 Å². The highest BCUT2D eigenvalue weighted by atomic mass is 16.5. The van der Waals surface area contributed by atoms with Gasteiger partial charge in [0.15, 0.2) is 0 Å². The molecule has 0 saturated heterocycles. The number of aliphatic hydroxyl groups excluding tert-OH is 1. The number of aryl methyl sites for hydroxylation is 2. The summed E-state index contributed by atoms with van der Waals surface area (Å²) in [7, 11) is 0. The van der Waals surface area contributed by atoms with E-state index in [0.29, 0.717) is 12.5 Å². The molecule has 1 amide bonds. The van der Waals surface area contributed by atoms with E-state index in [-0.39, 0.29) is 25.5 Å². The number of hydrogen-bond donors (Lipinski definition) is 2. The predicted molar refractivity (Wildman–Crippen MR) is 94.1 cm³/mol. The molecule has 24 heavy (non-hydrogen) atoms. The van der Waals surface area contributed by atoms with Crippen molar-refractivity contribution in [3.05, 3.63) is 35.1 Å². The van der Waals surface area contributed by atoms with E-state index in [4.69, 9.17) is 9.15 Å². The first-order chi connectivity index (χ1) is 11.4. The summed E-state index contributed by atoms with van der Waals surface area (Å²) < 4.78 is 10.9. The van der Waals surface area contributed by atoms with E-state index in [9.17, 15) is 9.90 Å². The van der Waals surface area contributed by atoms with Gasteiger partial charge in [0, 0.05) is 24.1 Å². The zero-order valence-corrected chi connectivity index (χ0v) is 14.9. The summed E-state index contributed by atoms with van der Waals surface area (Å²) in [6.07, 6.45) is 1.17. The molecule has 0 fully saturated rings. The van der Waals surface area contributed by atoms with Gasteiger partial charge in [-0.15, -0.1) is 0 Å². The van der Waals surface area contributed by atoms with E-state index in [1.54, 1.807) is 6.26 Å². The van der Waals surface area contributed by atoms with Crippen molar-refractivity contribution >= 4 is 16.9 Å². The van der Waals surface area contributed by atoms with E-state index in [1.807, 2.05) is 39.8 Å². The van der Waals surface area contributed by atoms with Crippen LogP contribution in [0.5, 0.6) is 0 Å². The predicted octanol–water partition coefficient (Wildman–Crippen LogP) is 2.74. The second-order valence-electron chi connectivity index (χ2n) is 6.76. The summed E-state index contributed by atoms with van der Waals surface area (Å²) in [5.74, 6) is 0.284. The van der Waals surface area contributed by atoms with Crippen LogP contribution in [-0.4, -0.2) is 36.9 Å². The molecule has 1 aromatic heterocycles. The first-order valence-electron chi connectivity index (χ1n) is 8.36. The Labute approximate surface area is 143 Å². The number of ether oxygens (including phenoxy) is 1. The highest BCUT2D eigenvalue weighted by Gasteiger charge is 2.13. The minimum Gasteiger partial charge on any atom is -0.464 e. The number of benzene rings is 1. The second-order valence-corrected chi connectivity index (χ2v) is 6.76. The third-order valence-electron chi connectivity index (χ3n) is 3.92. The van der Waals surface area contributed by atoms with Crippen molar-refractivity contribution in [1.82, 2.24) is 5.32 Å². The number of fused-ring (bicyclic) bond motifs is 1. The second kappa shape index (κ2) is 8.31. The van der Waals surface area contributed by atoms with Crippen LogP contribution in [0.2, 0.25) is 0 Å². The van der Waals surface area contributed by atoms with Crippen molar-refractivity contribution < 1.29 is 19.1 Å². The van der Waals surface area contributed by atoms with Gasteiger partial charge in [0.25, 0.3) is 0 Å². The van der Waals surface area contributed by atoms with Crippen molar-refractivity contribution in [1.29, 1.82) is 0 Å². The van der Waals surface area contributed by atoms with E-state index in [2.05, 4.69) is 5.32 Å². The van der Waals surface area contributed by atoms with Crippen molar-refractivity contribution in [3.63, 3.8) is 0 Å². The molecule has 1 heterocycles. The minimum atomic E-state index is -0.696. The van der Waals surface area contributed by atoms with E-state index < -0.39 is 6.10 Å². The average molecular weight is 333 g/mol. The summed E-state index contributed by atoms with van der Waals surface area (Å²) in [4.78, 5) is 12.1. The number of hydrogen-bond acceptors (Lipinski definition) is 4. The van der Waals surface area contributed by atoms with Gasteiger partial charge >= 0.3 is 0 Å². The van der Waals surface area contributed by atoms with Gasteiger partial charge in [0.2, 0.25) is 5.91 Å². The van der Waals surface area contributed by atoms with Crippen LogP contribution in [0.15, 0.2) is 22.8 Å². The Morgan fingerprint density at radius 2 is 1.96 bits per heavy atom. The van der Waals surface area contributed by atoms with Crippen molar-refractivity contribution in [3.8, 4) is 0 Å². The molecule has 2 aromatic rings. The lowest BCUT2D eigenvalue weighted by atomic mass is 10.0. The monoisotopic (exact) mass is 333 g/mol. The molecule has 1 unspecified atom stereocenters. The molecule has 0 aliphatic rings. The Morgan fingerprint density at radius 3 is 2.67 bits per heavy atom. The molecule has 1 aromatic carbocycles. The maximum Gasteiger partial charge on any atom is 0.224 e. The van der Waals surface area contributed by atoms with Gasteiger partial charge in [-0.3, -0.25) is 4.79 Å². The molecule has 2 N–H and O–H groups in total. The number of furan rings is 1. The van der Waals surface area contributed by atoms with Crippen LogP contribution < -0.4 is 5.32 Å². The van der Waals surface area contributed by atoms with Crippen LogP contribution in [0.3, 0.4) is 0 Å². The third kappa shape index (κ3) is 5.08. The number of carbonyl (C=O) groups is 1. The zero-order chi connectivity index (χ0) is 17.7. The number of nitrogens with one attached hydrogen (secondary N) is 1. The Morgan fingerprint density at radius 1 is 1.25 bits per heavy atom. The van der Waals surface area contributed by atoms with E-state index in [0.717, 1.165) is 22.1 Å². The lowest BCUT2D eigenvalue weighted by molar-refractivity contribution is -0.121. The molecule has 132 valence electrons. The van der Waals surface area contributed by atoms with Crippen LogP contribution in [0.4, 0.5) is 0 Å². The molecule has 0 bridgehead atoms. The van der Waals surface area contributed by atoms with Crippen LogP contribution in [0.1, 0.15) is 30.5 Å². The summed E-state index contributed by atoms with van der Waals surface area (Å²) in [6, 6.07) is 4.03. The highest BCUT2D eigenvalue weighted by molar-refractivity contribution is 5.88. The highest BCUT2D eigenvalue weighted by Crippen LogP contribution is 2.25. The molecule has 0 aliphatic heterocycles. The van der Waals surface area contributed by atoms with Gasteiger partial charge in [-0.25, -0.2) is 0 Å². The fraction of sp³-hybridized carbons (Fsp3) is 0.526. The molecule has 5 nitrogen and oxygen atoms in total. The fourth-order valence-electron chi connectivity index (χ4n) is 2.44. The lowest BCUT2D eigenvalue weighted by Crippen LogP contribution is -2.35. The first kappa shape index (κ1) is 18.5. The van der Waals surface area contributed by atoms with Gasteiger partial charge in [0.1, 0.15) is 5.58 Å². The molecule has 0 spiro atoms. The molecule has 1 atom stereocenters. The van der Waals surface area contributed by atoms with Crippen LogP contribution in [0, 0.1) is 19.8 Å². The zero-order valence-electron chi connectivity index (χ0n) is 14.9. The fourth-order valence-corrected chi connectivity index (χ4v) is 2.44. The van der Waals surface area contributed by atoms with Crippen molar-refractivity contribution in [2.24, 2.45) is 5.92 Å². The summed E-state index contributed by atoms with van der Waals surface area (Å²) in [5.41, 5.74) is 3.99. The Balaban J connectivity index is 1.85. The molecular weight excluding hydrogens is 306 g/mol. The topological polar surface area (TPSA) is 71.7 Å². The standard InChI is InChI=1S/C19H27NO4/c1-12(2)9-23-11-16(21)8-20-19(22)7-15-10-24-18-6-14(4)13(3)5-17(15)18/h5-6,10,12,16,21H,7-9,11H2,1-4H3,(H,20,22). The third-order valence-corrected chi connectivity index (χ3v) is 3.92. The van der Waals surface area contributed by atoms with Gasteiger partial charge in [-0.05, 0) is 43.0 Å².